The number of hydrogen-bond acceptors (Lipinski definition) is 5. The van der Waals surface area contributed by atoms with Crippen molar-refractivity contribution < 1.29 is 14.6 Å². The Labute approximate surface area is 110 Å². The average molecular weight is 259 g/mol. The normalized spacial score (nSPS) is 10.2. The van der Waals surface area contributed by atoms with E-state index in [0.29, 0.717) is 11.6 Å². The number of pyridine rings is 1. The minimum Gasteiger partial charge on any atom is -0.478 e. The lowest BCUT2D eigenvalue weighted by Gasteiger charge is -2.05. The van der Waals surface area contributed by atoms with Crippen LogP contribution in [0.3, 0.4) is 0 Å². The third-order valence-electron chi connectivity index (χ3n) is 2.39. The number of rotatable bonds is 5. The van der Waals surface area contributed by atoms with E-state index in [1.807, 2.05) is 0 Å². The second-order valence-electron chi connectivity index (χ2n) is 3.91. The fourth-order valence-corrected chi connectivity index (χ4v) is 1.54. The molecule has 1 N–H and O–H groups in total. The molecule has 98 valence electrons. The molecule has 0 aromatic carbocycles. The largest absolute Gasteiger partial charge is 0.478 e. The zero-order chi connectivity index (χ0) is 13.7. The standard InChI is InChI=1S/C13H13N3O3/c1-2-3-10-5-12(16-8-15-10)19-11-4-9(13(17)18)6-14-7-11/h4-8H,2-3H2,1H3,(H,17,18). The molecular formula is C13H13N3O3. The molecule has 0 unspecified atom stereocenters. The van der Waals surface area contributed by atoms with Gasteiger partial charge in [0.2, 0.25) is 5.88 Å². The number of nitrogens with zero attached hydrogens (tertiary/aromatic N) is 3. The zero-order valence-corrected chi connectivity index (χ0v) is 10.4. The van der Waals surface area contributed by atoms with Crippen LogP contribution in [-0.4, -0.2) is 26.0 Å². The van der Waals surface area contributed by atoms with Crippen LogP contribution in [0.25, 0.3) is 0 Å². The first kappa shape index (κ1) is 12.9. The third kappa shape index (κ3) is 3.48. The minimum atomic E-state index is -1.05. The van der Waals surface area contributed by atoms with Crippen LogP contribution in [0.1, 0.15) is 29.4 Å². The predicted octanol–water partition coefficient (Wildman–Crippen LogP) is 2.31. The van der Waals surface area contributed by atoms with Crippen molar-refractivity contribution in [1.82, 2.24) is 15.0 Å². The number of aryl methyl sites for hydroxylation is 1. The number of carboxylic acid groups (broad SMARTS) is 1. The topological polar surface area (TPSA) is 85.2 Å². The smallest absolute Gasteiger partial charge is 0.337 e. The molecule has 0 fully saturated rings. The van der Waals surface area contributed by atoms with Crippen LogP contribution in [0.2, 0.25) is 0 Å². The molecule has 0 spiro atoms. The number of aromatic nitrogens is 3. The summed E-state index contributed by atoms with van der Waals surface area (Å²) >= 11 is 0. The van der Waals surface area contributed by atoms with Crippen molar-refractivity contribution in [3.8, 4) is 11.6 Å². The molecule has 2 rings (SSSR count). The van der Waals surface area contributed by atoms with E-state index in [1.165, 1.54) is 24.8 Å². The summed E-state index contributed by atoms with van der Waals surface area (Å²) in [7, 11) is 0. The van der Waals surface area contributed by atoms with Gasteiger partial charge in [-0.05, 0) is 12.5 Å². The number of ether oxygens (including phenoxy) is 1. The summed E-state index contributed by atoms with van der Waals surface area (Å²) in [6.07, 6.45) is 5.94. The fraction of sp³-hybridized carbons (Fsp3) is 0.231. The number of carbonyl (C=O) groups is 1. The fourth-order valence-electron chi connectivity index (χ4n) is 1.54. The first-order valence-electron chi connectivity index (χ1n) is 5.86. The second kappa shape index (κ2) is 5.90. The van der Waals surface area contributed by atoms with Gasteiger partial charge in [0.05, 0.1) is 11.8 Å². The Morgan fingerprint density at radius 2 is 2.16 bits per heavy atom. The maximum atomic E-state index is 10.8. The van der Waals surface area contributed by atoms with E-state index in [9.17, 15) is 4.79 Å². The molecular weight excluding hydrogens is 246 g/mol. The summed E-state index contributed by atoms with van der Waals surface area (Å²) in [5, 5.41) is 8.87. The number of hydrogen-bond donors (Lipinski definition) is 1. The van der Waals surface area contributed by atoms with Gasteiger partial charge in [0.1, 0.15) is 12.1 Å². The van der Waals surface area contributed by atoms with E-state index in [0.717, 1.165) is 18.5 Å². The number of aromatic carboxylic acids is 1. The Hall–Kier alpha value is -2.50. The summed E-state index contributed by atoms with van der Waals surface area (Å²) in [6, 6.07) is 3.13. The molecule has 2 heterocycles. The highest BCUT2D eigenvalue weighted by Gasteiger charge is 2.06. The monoisotopic (exact) mass is 259 g/mol. The second-order valence-corrected chi connectivity index (χ2v) is 3.91. The van der Waals surface area contributed by atoms with Crippen LogP contribution < -0.4 is 4.74 Å². The molecule has 0 amide bonds. The molecule has 2 aromatic heterocycles. The molecule has 6 nitrogen and oxygen atoms in total. The van der Waals surface area contributed by atoms with Gasteiger partial charge in [-0.3, -0.25) is 4.98 Å². The minimum absolute atomic E-state index is 0.0698. The van der Waals surface area contributed by atoms with Crippen LogP contribution in [0, 0.1) is 0 Å². The summed E-state index contributed by atoms with van der Waals surface area (Å²) in [5.41, 5.74) is 0.954. The molecule has 6 heteroatoms. The molecule has 0 saturated heterocycles. The zero-order valence-electron chi connectivity index (χ0n) is 10.4. The summed E-state index contributed by atoms with van der Waals surface area (Å²) in [5.74, 6) is -0.337. The van der Waals surface area contributed by atoms with Crippen LogP contribution in [0.15, 0.2) is 30.9 Å². The highest BCUT2D eigenvalue weighted by Crippen LogP contribution is 2.19. The molecule has 0 atom stereocenters. The summed E-state index contributed by atoms with van der Waals surface area (Å²) < 4.78 is 5.48. The molecule has 19 heavy (non-hydrogen) atoms. The molecule has 0 bridgehead atoms. The van der Waals surface area contributed by atoms with Crippen molar-refractivity contribution in [1.29, 1.82) is 0 Å². The summed E-state index contributed by atoms with van der Waals surface area (Å²) in [4.78, 5) is 22.7. The highest BCUT2D eigenvalue weighted by molar-refractivity contribution is 5.87. The Kier molecular flexibility index (Phi) is 4.02. The van der Waals surface area contributed by atoms with Crippen molar-refractivity contribution in [2.75, 3.05) is 0 Å². The predicted molar refractivity (Wildman–Crippen MR) is 67.3 cm³/mol. The van der Waals surface area contributed by atoms with Crippen LogP contribution in [0.5, 0.6) is 11.6 Å². The lowest BCUT2D eigenvalue weighted by Crippen LogP contribution is -1.98. The Morgan fingerprint density at radius 3 is 2.89 bits per heavy atom. The van der Waals surface area contributed by atoms with E-state index >= 15 is 0 Å². The quantitative estimate of drug-likeness (QED) is 0.886. The van der Waals surface area contributed by atoms with Gasteiger partial charge in [0.15, 0.2) is 0 Å². The van der Waals surface area contributed by atoms with Crippen LogP contribution >= 0.6 is 0 Å². The average Bonchev–Trinajstić information content (AvgIpc) is 2.40. The van der Waals surface area contributed by atoms with E-state index in [2.05, 4.69) is 21.9 Å². The Balaban J connectivity index is 2.18. The highest BCUT2D eigenvalue weighted by atomic mass is 16.5. The van der Waals surface area contributed by atoms with Crippen molar-refractivity contribution in [3.63, 3.8) is 0 Å². The van der Waals surface area contributed by atoms with Crippen molar-refractivity contribution in [2.45, 2.75) is 19.8 Å². The molecule has 2 aromatic rings. The van der Waals surface area contributed by atoms with Crippen LogP contribution in [-0.2, 0) is 6.42 Å². The lowest BCUT2D eigenvalue weighted by molar-refractivity contribution is 0.0696. The third-order valence-corrected chi connectivity index (χ3v) is 2.39. The molecule has 0 aliphatic rings. The van der Waals surface area contributed by atoms with E-state index < -0.39 is 5.97 Å². The first-order chi connectivity index (χ1) is 9.19. The van der Waals surface area contributed by atoms with Gasteiger partial charge in [-0.15, -0.1) is 0 Å². The molecule has 0 radical (unpaired) electrons. The van der Waals surface area contributed by atoms with Gasteiger partial charge in [-0.25, -0.2) is 14.8 Å². The maximum absolute atomic E-state index is 10.8. The lowest BCUT2D eigenvalue weighted by atomic mass is 10.2. The molecule has 0 aliphatic carbocycles. The van der Waals surface area contributed by atoms with Gasteiger partial charge in [0, 0.05) is 18.0 Å². The van der Waals surface area contributed by atoms with E-state index in [-0.39, 0.29) is 5.56 Å². The van der Waals surface area contributed by atoms with E-state index in [4.69, 9.17) is 9.84 Å². The van der Waals surface area contributed by atoms with Crippen molar-refractivity contribution in [3.05, 3.63) is 42.1 Å². The Bertz CT molecular complexity index is 587. The van der Waals surface area contributed by atoms with Gasteiger partial charge < -0.3 is 9.84 Å². The Morgan fingerprint density at radius 1 is 1.32 bits per heavy atom. The number of carboxylic acids is 1. The van der Waals surface area contributed by atoms with Crippen LogP contribution in [0.4, 0.5) is 0 Å². The van der Waals surface area contributed by atoms with Gasteiger partial charge in [-0.2, -0.15) is 0 Å². The molecule has 0 saturated carbocycles. The van der Waals surface area contributed by atoms with Crippen molar-refractivity contribution >= 4 is 5.97 Å². The van der Waals surface area contributed by atoms with Crippen molar-refractivity contribution in [2.24, 2.45) is 0 Å². The molecule has 0 aliphatic heterocycles. The maximum Gasteiger partial charge on any atom is 0.337 e. The van der Waals surface area contributed by atoms with Gasteiger partial charge in [-0.1, -0.05) is 13.3 Å². The van der Waals surface area contributed by atoms with Gasteiger partial charge in [0.25, 0.3) is 0 Å². The SMILES string of the molecule is CCCc1cc(Oc2cncc(C(=O)O)c2)ncn1. The van der Waals surface area contributed by atoms with Gasteiger partial charge >= 0.3 is 5.97 Å². The summed E-state index contributed by atoms with van der Waals surface area (Å²) in [6.45, 7) is 2.06. The first-order valence-corrected chi connectivity index (χ1v) is 5.86. The van der Waals surface area contributed by atoms with E-state index in [1.54, 1.807) is 6.07 Å².